The molecule has 0 radical (unpaired) electrons. The zero-order valence-electron chi connectivity index (χ0n) is 8.08. The maximum atomic E-state index is 11.9. The highest BCUT2D eigenvalue weighted by Crippen LogP contribution is 2.22. The average molecular weight is 217 g/mol. The maximum absolute atomic E-state index is 11.9. The van der Waals surface area contributed by atoms with E-state index in [4.69, 9.17) is 0 Å². The molecule has 2 nitrogen and oxygen atoms in total. The minimum Gasteiger partial charge on any atom is -0.406 e. The molecule has 0 bridgehead atoms. The fourth-order valence-electron chi connectivity index (χ4n) is 1.09. The molecule has 0 heterocycles. The van der Waals surface area contributed by atoms with Crippen molar-refractivity contribution in [1.82, 2.24) is 0 Å². The minimum absolute atomic E-state index is 0.220. The van der Waals surface area contributed by atoms with Crippen LogP contribution in [0.15, 0.2) is 40.6 Å². The van der Waals surface area contributed by atoms with Crippen LogP contribution in [0.2, 0.25) is 0 Å². The van der Waals surface area contributed by atoms with E-state index in [1.54, 1.807) is 25.4 Å². The molecule has 0 aromatic carbocycles. The van der Waals surface area contributed by atoms with E-state index in [1.165, 1.54) is 12.2 Å². The van der Waals surface area contributed by atoms with E-state index in [0.29, 0.717) is 6.42 Å². The first-order valence-corrected chi connectivity index (χ1v) is 4.26. The molecule has 0 aromatic heterocycles. The summed E-state index contributed by atoms with van der Waals surface area (Å²) in [5, 5.41) is 0. The lowest BCUT2D eigenvalue weighted by molar-refractivity contribution is -0.303. The number of aliphatic imine (C=N–C) groups is 1. The van der Waals surface area contributed by atoms with Gasteiger partial charge < -0.3 is 4.74 Å². The van der Waals surface area contributed by atoms with Crippen LogP contribution in [-0.2, 0) is 4.74 Å². The number of halogens is 3. The summed E-state index contributed by atoms with van der Waals surface area (Å²) in [4.78, 5) is 3.78. The van der Waals surface area contributed by atoms with Crippen LogP contribution < -0.4 is 0 Å². The SMILES string of the molecule is CN=CC1=CC=C(OC(F)(F)F)C=CC1. The van der Waals surface area contributed by atoms with Crippen molar-refractivity contribution < 1.29 is 17.9 Å². The highest BCUT2D eigenvalue weighted by molar-refractivity contribution is 5.79. The van der Waals surface area contributed by atoms with Crippen molar-refractivity contribution in [3.8, 4) is 0 Å². The molecule has 0 aromatic rings. The summed E-state index contributed by atoms with van der Waals surface area (Å²) in [6.07, 6.45) is 3.20. The number of nitrogens with zero attached hydrogens (tertiary/aromatic N) is 1. The van der Waals surface area contributed by atoms with Crippen LogP contribution in [-0.4, -0.2) is 19.6 Å². The quantitative estimate of drug-likeness (QED) is 0.651. The summed E-state index contributed by atoms with van der Waals surface area (Å²) in [5.74, 6) is -0.220. The Hall–Kier alpha value is -1.52. The van der Waals surface area contributed by atoms with Gasteiger partial charge in [0.2, 0.25) is 0 Å². The lowest BCUT2D eigenvalue weighted by Crippen LogP contribution is -2.11. The molecule has 1 aliphatic rings. The second kappa shape index (κ2) is 4.82. The van der Waals surface area contributed by atoms with E-state index < -0.39 is 6.36 Å². The predicted octanol–water partition coefficient (Wildman–Crippen LogP) is 2.99. The van der Waals surface area contributed by atoms with Gasteiger partial charge in [-0.1, -0.05) is 12.2 Å². The van der Waals surface area contributed by atoms with Crippen molar-refractivity contribution in [2.45, 2.75) is 12.8 Å². The van der Waals surface area contributed by atoms with Gasteiger partial charge in [-0.25, -0.2) is 0 Å². The fraction of sp³-hybridized carbons (Fsp3) is 0.300. The van der Waals surface area contributed by atoms with Crippen LogP contribution >= 0.6 is 0 Å². The van der Waals surface area contributed by atoms with E-state index in [1.807, 2.05) is 0 Å². The molecule has 0 unspecified atom stereocenters. The molecule has 0 N–H and O–H groups in total. The van der Waals surface area contributed by atoms with Gasteiger partial charge >= 0.3 is 6.36 Å². The fourth-order valence-corrected chi connectivity index (χ4v) is 1.09. The van der Waals surface area contributed by atoms with Gasteiger partial charge in [-0.05, 0) is 24.1 Å². The van der Waals surface area contributed by atoms with Crippen LogP contribution in [0.5, 0.6) is 0 Å². The summed E-state index contributed by atoms with van der Waals surface area (Å²) < 4.78 is 39.4. The van der Waals surface area contributed by atoms with E-state index in [0.717, 1.165) is 5.57 Å². The third kappa shape index (κ3) is 4.49. The smallest absolute Gasteiger partial charge is 0.406 e. The molecular formula is C10H10F3NO. The van der Waals surface area contributed by atoms with E-state index in [9.17, 15) is 13.2 Å². The van der Waals surface area contributed by atoms with Gasteiger partial charge in [-0.15, -0.1) is 13.2 Å². The van der Waals surface area contributed by atoms with Gasteiger partial charge in [0.25, 0.3) is 0 Å². The first-order valence-electron chi connectivity index (χ1n) is 4.26. The largest absolute Gasteiger partial charge is 0.573 e. The number of allylic oxidation sites excluding steroid dienone is 5. The molecule has 0 saturated heterocycles. The summed E-state index contributed by atoms with van der Waals surface area (Å²) in [6, 6.07) is 0. The Morgan fingerprint density at radius 1 is 1.40 bits per heavy atom. The summed E-state index contributed by atoms with van der Waals surface area (Å²) in [6.45, 7) is 0. The molecule has 1 aliphatic carbocycles. The lowest BCUT2D eigenvalue weighted by atomic mass is 10.2. The van der Waals surface area contributed by atoms with Gasteiger partial charge in [0.1, 0.15) is 5.76 Å². The normalized spacial score (nSPS) is 17.3. The standard InChI is InChI=1S/C10H10F3NO/c1-14-7-8-3-2-4-9(6-5-8)15-10(11,12)13/h2,4-7H,3H2,1H3. The molecule has 0 amide bonds. The topological polar surface area (TPSA) is 21.6 Å². The Morgan fingerprint density at radius 3 is 2.73 bits per heavy atom. The molecule has 0 fully saturated rings. The van der Waals surface area contributed by atoms with Crippen LogP contribution in [0.4, 0.5) is 13.2 Å². The number of alkyl halides is 3. The Bertz CT molecular complexity index is 337. The van der Waals surface area contributed by atoms with Crippen LogP contribution in [0.3, 0.4) is 0 Å². The number of ether oxygens (including phenoxy) is 1. The van der Waals surface area contributed by atoms with Crippen molar-refractivity contribution in [2.24, 2.45) is 4.99 Å². The van der Waals surface area contributed by atoms with E-state index in [-0.39, 0.29) is 5.76 Å². The molecule has 1 rings (SSSR count). The monoisotopic (exact) mass is 217 g/mol. The molecule has 0 aliphatic heterocycles. The molecule has 5 heteroatoms. The third-order valence-electron chi connectivity index (χ3n) is 1.63. The Labute approximate surface area is 85.5 Å². The van der Waals surface area contributed by atoms with E-state index >= 15 is 0 Å². The van der Waals surface area contributed by atoms with Crippen LogP contribution in [0.25, 0.3) is 0 Å². The average Bonchev–Trinajstić information content (AvgIpc) is 2.29. The van der Waals surface area contributed by atoms with Gasteiger partial charge in [0, 0.05) is 13.3 Å². The van der Waals surface area contributed by atoms with Crippen LogP contribution in [0.1, 0.15) is 6.42 Å². The lowest BCUT2D eigenvalue weighted by Gasteiger charge is -2.08. The second-order valence-corrected chi connectivity index (χ2v) is 2.85. The Balaban J connectivity index is 2.76. The van der Waals surface area contributed by atoms with Gasteiger partial charge in [0.15, 0.2) is 0 Å². The van der Waals surface area contributed by atoms with E-state index in [2.05, 4.69) is 9.73 Å². The first kappa shape index (κ1) is 11.6. The van der Waals surface area contributed by atoms with Crippen LogP contribution in [0, 0.1) is 0 Å². The predicted molar refractivity (Wildman–Crippen MR) is 51.5 cm³/mol. The van der Waals surface area contributed by atoms with Crippen molar-refractivity contribution in [1.29, 1.82) is 0 Å². The molecular weight excluding hydrogens is 207 g/mol. The summed E-state index contributed by atoms with van der Waals surface area (Å²) >= 11 is 0. The second-order valence-electron chi connectivity index (χ2n) is 2.85. The summed E-state index contributed by atoms with van der Waals surface area (Å²) in [7, 11) is 1.60. The first-order chi connectivity index (χ1) is 7.01. The van der Waals surface area contributed by atoms with Crippen molar-refractivity contribution in [3.63, 3.8) is 0 Å². The molecule has 15 heavy (non-hydrogen) atoms. The maximum Gasteiger partial charge on any atom is 0.573 e. The van der Waals surface area contributed by atoms with Crippen molar-refractivity contribution in [3.05, 3.63) is 35.6 Å². The van der Waals surface area contributed by atoms with Gasteiger partial charge in [0.05, 0.1) is 0 Å². The highest BCUT2D eigenvalue weighted by atomic mass is 19.4. The molecule has 0 atom stereocenters. The Morgan fingerprint density at radius 2 is 2.13 bits per heavy atom. The summed E-state index contributed by atoms with van der Waals surface area (Å²) in [5.41, 5.74) is 0.828. The third-order valence-corrected chi connectivity index (χ3v) is 1.63. The molecule has 0 saturated carbocycles. The number of hydrogen-bond donors (Lipinski definition) is 0. The highest BCUT2D eigenvalue weighted by Gasteiger charge is 2.31. The number of rotatable bonds is 2. The number of hydrogen-bond acceptors (Lipinski definition) is 2. The zero-order valence-corrected chi connectivity index (χ0v) is 8.08. The van der Waals surface area contributed by atoms with Crippen molar-refractivity contribution >= 4 is 6.21 Å². The van der Waals surface area contributed by atoms with Crippen molar-refractivity contribution in [2.75, 3.05) is 7.05 Å². The zero-order chi connectivity index (χ0) is 11.3. The Kier molecular flexibility index (Phi) is 3.71. The van der Waals surface area contributed by atoms with Gasteiger partial charge in [-0.2, -0.15) is 0 Å². The molecule has 0 spiro atoms. The minimum atomic E-state index is -4.65. The van der Waals surface area contributed by atoms with Gasteiger partial charge in [-0.3, -0.25) is 4.99 Å². The molecule has 82 valence electrons.